The van der Waals surface area contributed by atoms with Gasteiger partial charge >= 0.3 is 0 Å². The molecule has 2 rings (SSSR count). The summed E-state index contributed by atoms with van der Waals surface area (Å²) < 4.78 is 5.17. The standard InChI is InChI=1S/C14H12ClN3O2/c1-20-12-7-3-2-5-10(12)9-17-18-14(19)11-6-4-8-16-13(11)15/h2-9H,1H3,(H,18,19). The van der Waals surface area contributed by atoms with Crippen molar-refractivity contribution in [2.24, 2.45) is 5.10 Å². The van der Waals surface area contributed by atoms with Crippen molar-refractivity contribution >= 4 is 23.7 Å². The summed E-state index contributed by atoms with van der Waals surface area (Å²) in [6.45, 7) is 0. The van der Waals surface area contributed by atoms with Crippen molar-refractivity contribution in [2.45, 2.75) is 0 Å². The average molecular weight is 290 g/mol. The Hall–Kier alpha value is -2.40. The van der Waals surface area contributed by atoms with E-state index in [9.17, 15) is 4.79 Å². The van der Waals surface area contributed by atoms with E-state index in [1.54, 1.807) is 25.3 Å². The van der Waals surface area contributed by atoms with Crippen LogP contribution in [0.1, 0.15) is 15.9 Å². The topological polar surface area (TPSA) is 63.6 Å². The van der Waals surface area contributed by atoms with Crippen molar-refractivity contribution in [2.75, 3.05) is 7.11 Å². The first-order valence-electron chi connectivity index (χ1n) is 5.79. The Kier molecular flexibility index (Phi) is 4.68. The van der Waals surface area contributed by atoms with Gasteiger partial charge in [0.15, 0.2) is 0 Å². The van der Waals surface area contributed by atoms with Crippen LogP contribution in [0.3, 0.4) is 0 Å². The van der Waals surface area contributed by atoms with Gasteiger partial charge in [-0.25, -0.2) is 10.4 Å². The fourth-order valence-electron chi connectivity index (χ4n) is 1.55. The van der Waals surface area contributed by atoms with E-state index in [0.29, 0.717) is 5.75 Å². The van der Waals surface area contributed by atoms with Gasteiger partial charge in [-0.15, -0.1) is 0 Å². The second-order valence-electron chi connectivity index (χ2n) is 3.78. The number of amides is 1. The maximum absolute atomic E-state index is 11.8. The van der Waals surface area contributed by atoms with Crippen LogP contribution in [0.4, 0.5) is 0 Å². The molecule has 0 spiro atoms. The molecule has 1 aromatic carbocycles. The summed E-state index contributed by atoms with van der Waals surface area (Å²) >= 11 is 5.82. The minimum atomic E-state index is -0.422. The monoisotopic (exact) mass is 289 g/mol. The third-order valence-corrected chi connectivity index (χ3v) is 2.81. The first-order chi connectivity index (χ1) is 9.72. The molecule has 0 saturated carbocycles. The van der Waals surface area contributed by atoms with Gasteiger partial charge in [0.2, 0.25) is 0 Å². The zero-order valence-electron chi connectivity index (χ0n) is 10.7. The average Bonchev–Trinajstić information content (AvgIpc) is 2.48. The Labute approximate surface area is 121 Å². The number of benzene rings is 1. The highest BCUT2D eigenvalue weighted by Gasteiger charge is 2.09. The Morgan fingerprint density at radius 2 is 2.15 bits per heavy atom. The minimum Gasteiger partial charge on any atom is -0.496 e. The molecule has 0 fully saturated rings. The van der Waals surface area contributed by atoms with Gasteiger partial charge in [-0.1, -0.05) is 23.7 Å². The maximum atomic E-state index is 11.8. The zero-order chi connectivity index (χ0) is 14.4. The highest BCUT2D eigenvalue weighted by Crippen LogP contribution is 2.14. The van der Waals surface area contributed by atoms with Gasteiger partial charge in [-0.2, -0.15) is 5.10 Å². The van der Waals surface area contributed by atoms with Crippen molar-refractivity contribution < 1.29 is 9.53 Å². The van der Waals surface area contributed by atoms with E-state index in [2.05, 4.69) is 15.5 Å². The molecule has 1 N–H and O–H groups in total. The van der Waals surface area contributed by atoms with Gasteiger partial charge in [0.1, 0.15) is 10.9 Å². The molecule has 6 heteroatoms. The summed E-state index contributed by atoms with van der Waals surface area (Å²) in [7, 11) is 1.57. The van der Waals surface area contributed by atoms with E-state index in [4.69, 9.17) is 16.3 Å². The van der Waals surface area contributed by atoms with Crippen molar-refractivity contribution in [1.29, 1.82) is 0 Å². The number of rotatable bonds is 4. The molecular weight excluding hydrogens is 278 g/mol. The Morgan fingerprint density at radius 1 is 1.35 bits per heavy atom. The molecule has 0 aliphatic carbocycles. The number of aromatic nitrogens is 1. The van der Waals surface area contributed by atoms with Crippen LogP contribution >= 0.6 is 11.6 Å². The Morgan fingerprint density at radius 3 is 2.90 bits per heavy atom. The fraction of sp³-hybridized carbons (Fsp3) is 0.0714. The van der Waals surface area contributed by atoms with E-state index in [-0.39, 0.29) is 10.7 Å². The highest BCUT2D eigenvalue weighted by atomic mass is 35.5. The third-order valence-electron chi connectivity index (χ3n) is 2.51. The molecule has 1 heterocycles. The van der Waals surface area contributed by atoms with E-state index in [1.165, 1.54) is 12.4 Å². The van der Waals surface area contributed by atoms with Crippen molar-refractivity contribution in [1.82, 2.24) is 10.4 Å². The van der Waals surface area contributed by atoms with Gasteiger partial charge in [0.25, 0.3) is 5.91 Å². The SMILES string of the molecule is COc1ccccc1C=NNC(=O)c1cccnc1Cl. The lowest BCUT2D eigenvalue weighted by atomic mass is 10.2. The van der Waals surface area contributed by atoms with Crippen LogP contribution in [-0.2, 0) is 0 Å². The molecule has 2 aromatic rings. The maximum Gasteiger partial charge on any atom is 0.274 e. The summed E-state index contributed by atoms with van der Waals surface area (Å²) in [6.07, 6.45) is 3.01. The van der Waals surface area contributed by atoms with Crippen molar-refractivity contribution in [3.8, 4) is 5.75 Å². The molecule has 1 amide bonds. The van der Waals surface area contributed by atoms with Gasteiger partial charge in [-0.3, -0.25) is 4.79 Å². The Bertz CT molecular complexity index is 644. The number of halogens is 1. The van der Waals surface area contributed by atoms with Crippen LogP contribution in [0, 0.1) is 0 Å². The number of ether oxygens (including phenoxy) is 1. The van der Waals surface area contributed by atoms with Gasteiger partial charge in [0, 0.05) is 11.8 Å². The quantitative estimate of drug-likeness (QED) is 0.534. The highest BCUT2D eigenvalue weighted by molar-refractivity contribution is 6.32. The fourth-order valence-corrected chi connectivity index (χ4v) is 1.75. The molecule has 20 heavy (non-hydrogen) atoms. The van der Waals surface area contributed by atoms with Gasteiger partial charge in [-0.05, 0) is 24.3 Å². The lowest BCUT2D eigenvalue weighted by molar-refractivity contribution is 0.0955. The number of pyridine rings is 1. The number of para-hydroxylation sites is 1. The van der Waals surface area contributed by atoms with E-state index >= 15 is 0 Å². The minimum absolute atomic E-state index is 0.137. The number of nitrogens with one attached hydrogen (secondary N) is 1. The number of carbonyl (C=O) groups is 1. The number of nitrogens with zero attached hydrogens (tertiary/aromatic N) is 2. The molecular formula is C14H12ClN3O2. The first kappa shape index (κ1) is 14.0. The molecule has 1 aromatic heterocycles. The first-order valence-corrected chi connectivity index (χ1v) is 6.17. The van der Waals surface area contributed by atoms with Crippen LogP contribution in [0.5, 0.6) is 5.75 Å². The molecule has 5 nitrogen and oxygen atoms in total. The summed E-state index contributed by atoms with van der Waals surface area (Å²) in [5.74, 6) is 0.249. The summed E-state index contributed by atoms with van der Waals surface area (Å²) in [4.78, 5) is 15.7. The summed E-state index contributed by atoms with van der Waals surface area (Å²) in [5, 5.41) is 4.01. The Balaban J connectivity index is 2.07. The third kappa shape index (κ3) is 3.33. The molecule has 0 aliphatic heterocycles. The lowest BCUT2D eigenvalue weighted by Crippen LogP contribution is -2.18. The van der Waals surface area contributed by atoms with Crippen LogP contribution in [0.2, 0.25) is 5.15 Å². The molecule has 0 bridgehead atoms. The summed E-state index contributed by atoms with van der Waals surface area (Å²) in [5.41, 5.74) is 3.42. The number of hydrogen-bond acceptors (Lipinski definition) is 4. The smallest absolute Gasteiger partial charge is 0.274 e. The number of methoxy groups -OCH3 is 1. The normalized spacial score (nSPS) is 10.5. The second kappa shape index (κ2) is 6.68. The van der Waals surface area contributed by atoms with Crippen LogP contribution < -0.4 is 10.2 Å². The van der Waals surface area contributed by atoms with Gasteiger partial charge < -0.3 is 4.74 Å². The molecule has 0 radical (unpaired) electrons. The number of carbonyl (C=O) groups excluding carboxylic acids is 1. The van der Waals surface area contributed by atoms with E-state index < -0.39 is 5.91 Å². The molecule has 102 valence electrons. The van der Waals surface area contributed by atoms with Crippen LogP contribution in [-0.4, -0.2) is 24.2 Å². The van der Waals surface area contributed by atoms with E-state index in [1.807, 2.05) is 18.2 Å². The molecule has 0 saturated heterocycles. The predicted octanol–water partition coefficient (Wildman–Crippen LogP) is 2.51. The number of hydrogen-bond donors (Lipinski definition) is 1. The largest absolute Gasteiger partial charge is 0.496 e. The van der Waals surface area contributed by atoms with Gasteiger partial charge in [0.05, 0.1) is 18.9 Å². The number of hydrazone groups is 1. The summed E-state index contributed by atoms with van der Waals surface area (Å²) in [6, 6.07) is 10.5. The zero-order valence-corrected chi connectivity index (χ0v) is 11.5. The molecule has 0 atom stereocenters. The molecule has 0 aliphatic rings. The predicted molar refractivity (Wildman–Crippen MR) is 77.3 cm³/mol. The van der Waals surface area contributed by atoms with E-state index in [0.717, 1.165) is 5.56 Å². The van der Waals surface area contributed by atoms with Crippen LogP contribution in [0.15, 0.2) is 47.7 Å². The van der Waals surface area contributed by atoms with Crippen LogP contribution in [0.25, 0.3) is 0 Å². The van der Waals surface area contributed by atoms with Crippen molar-refractivity contribution in [3.63, 3.8) is 0 Å². The second-order valence-corrected chi connectivity index (χ2v) is 4.14. The molecule has 0 unspecified atom stereocenters. The lowest BCUT2D eigenvalue weighted by Gasteiger charge is -2.03. The van der Waals surface area contributed by atoms with Crippen molar-refractivity contribution in [3.05, 3.63) is 58.9 Å².